The zero-order valence-corrected chi connectivity index (χ0v) is 10.9. The zero-order valence-electron chi connectivity index (χ0n) is 10.1. The zero-order chi connectivity index (χ0) is 11.6. The van der Waals surface area contributed by atoms with Crippen LogP contribution in [0.3, 0.4) is 0 Å². The van der Waals surface area contributed by atoms with Crippen molar-refractivity contribution in [2.75, 3.05) is 25.5 Å². The molecule has 0 bridgehead atoms. The SMILES string of the molecule is CCCCN(CCCl)CCCn1ccnc1. The minimum atomic E-state index is 0.731. The summed E-state index contributed by atoms with van der Waals surface area (Å²) in [5.74, 6) is 0.731. The highest BCUT2D eigenvalue weighted by molar-refractivity contribution is 6.18. The Kier molecular flexibility index (Phi) is 7.26. The van der Waals surface area contributed by atoms with Crippen molar-refractivity contribution in [3.63, 3.8) is 0 Å². The van der Waals surface area contributed by atoms with E-state index in [0.717, 1.165) is 31.9 Å². The van der Waals surface area contributed by atoms with Gasteiger partial charge in [-0.1, -0.05) is 13.3 Å². The van der Waals surface area contributed by atoms with Gasteiger partial charge in [0, 0.05) is 31.4 Å². The van der Waals surface area contributed by atoms with E-state index in [1.807, 2.05) is 18.7 Å². The van der Waals surface area contributed by atoms with Crippen LogP contribution in [0.1, 0.15) is 26.2 Å². The van der Waals surface area contributed by atoms with E-state index in [0.29, 0.717) is 0 Å². The molecule has 0 aliphatic heterocycles. The summed E-state index contributed by atoms with van der Waals surface area (Å²) < 4.78 is 2.12. The van der Waals surface area contributed by atoms with E-state index >= 15 is 0 Å². The normalized spacial score (nSPS) is 11.2. The molecule has 0 aromatic carbocycles. The topological polar surface area (TPSA) is 21.1 Å². The van der Waals surface area contributed by atoms with Gasteiger partial charge in [-0.3, -0.25) is 0 Å². The molecule has 3 nitrogen and oxygen atoms in total. The molecule has 0 saturated heterocycles. The van der Waals surface area contributed by atoms with Gasteiger partial charge in [0.1, 0.15) is 0 Å². The molecule has 1 rings (SSSR count). The number of alkyl halides is 1. The van der Waals surface area contributed by atoms with Crippen LogP contribution in [-0.4, -0.2) is 40.0 Å². The number of hydrogen-bond donors (Lipinski definition) is 0. The van der Waals surface area contributed by atoms with Crippen molar-refractivity contribution in [1.29, 1.82) is 0 Å². The molecule has 0 unspecified atom stereocenters. The lowest BCUT2D eigenvalue weighted by atomic mass is 10.3. The maximum Gasteiger partial charge on any atom is 0.0945 e. The Hall–Kier alpha value is -0.540. The van der Waals surface area contributed by atoms with Crippen LogP contribution in [0, 0.1) is 0 Å². The molecule has 0 N–H and O–H groups in total. The molecule has 0 fully saturated rings. The Balaban J connectivity index is 2.15. The van der Waals surface area contributed by atoms with Gasteiger partial charge in [-0.2, -0.15) is 0 Å². The Morgan fingerprint density at radius 2 is 2.06 bits per heavy atom. The molecule has 1 heterocycles. The second kappa shape index (κ2) is 8.59. The highest BCUT2D eigenvalue weighted by atomic mass is 35.5. The Morgan fingerprint density at radius 1 is 1.25 bits per heavy atom. The average molecular weight is 244 g/mol. The van der Waals surface area contributed by atoms with E-state index in [2.05, 4.69) is 21.4 Å². The van der Waals surface area contributed by atoms with Crippen LogP contribution in [0.4, 0.5) is 0 Å². The summed E-state index contributed by atoms with van der Waals surface area (Å²) >= 11 is 5.80. The molecule has 0 atom stereocenters. The molecule has 16 heavy (non-hydrogen) atoms. The van der Waals surface area contributed by atoms with Crippen molar-refractivity contribution in [2.45, 2.75) is 32.7 Å². The third-order valence-electron chi connectivity index (χ3n) is 2.68. The maximum absolute atomic E-state index is 5.80. The van der Waals surface area contributed by atoms with E-state index < -0.39 is 0 Å². The average Bonchev–Trinajstić information content (AvgIpc) is 2.79. The number of rotatable bonds is 9. The molecule has 92 valence electrons. The van der Waals surface area contributed by atoms with Crippen molar-refractivity contribution in [3.8, 4) is 0 Å². The van der Waals surface area contributed by atoms with Crippen LogP contribution >= 0.6 is 11.6 Å². The fraction of sp³-hybridized carbons (Fsp3) is 0.750. The minimum Gasteiger partial charge on any atom is -0.337 e. The number of imidazole rings is 1. The fourth-order valence-corrected chi connectivity index (χ4v) is 1.97. The number of nitrogens with zero attached hydrogens (tertiary/aromatic N) is 3. The lowest BCUT2D eigenvalue weighted by Gasteiger charge is -2.20. The third-order valence-corrected chi connectivity index (χ3v) is 2.85. The van der Waals surface area contributed by atoms with Crippen molar-refractivity contribution >= 4 is 11.6 Å². The molecule has 0 radical (unpaired) electrons. The maximum atomic E-state index is 5.80. The first kappa shape index (κ1) is 13.5. The Morgan fingerprint density at radius 3 is 2.69 bits per heavy atom. The summed E-state index contributed by atoms with van der Waals surface area (Å²) in [5.41, 5.74) is 0. The quantitative estimate of drug-likeness (QED) is 0.622. The van der Waals surface area contributed by atoms with Crippen molar-refractivity contribution in [2.24, 2.45) is 0 Å². The molecule has 4 heteroatoms. The van der Waals surface area contributed by atoms with Gasteiger partial charge < -0.3 is 9.47 Å². The van der Waals surface area contributed by atoms with Gasteiger partial charge in [0.25, 0.3) is 0 Å². The first-order valence-corrected chi connectivity index (χ1v) is 6.64. The molecule has 0 spiro atoms. The number of halogens is 1. The summed E-state index contributed by atoms with van der Waals surface area (Å²) in [6.07, 6.45) is 9.39. The molecular formula is C12H22ClN3. The van der Waals surface area contributed by atoms with Crippen LogP contribution in [-0.2, 0) is 6.54 Å². The summed E-state index contributed by atoms with van der Waals surface area (Å²) in [6.45, 7) is 6.58. The standard InChI is InChI=1S/C12H22ClN3/c1-2-3-7-15(10-5-13)8-4-9-16-11-6-14-12-16/h6,11-12H,2-5,7-10H2,1H3. The molecule has 0 aliphatic rings. The first-order valence-electron chi connectivity index (χ1n) is 6.11. The minimum absolute atomic E-state index is 0.731. The van der Waals surface area contributed by atoms with Crippen LogP contribution in [0.25, 0.3) is 0 Å². The summed E-state index contributed by atoms with van der Waals surface area (Å²) in [7, 11) is 0. The number of hydrogen-bond acceptors (Lipinski definition) is 2. The van der Waals surface area contributed by atoms with E-state index in [1.54, 1.807) is 0 Å². The summed E-state index contributed by atoms with van der Waals surface area (Å²) in [6, 6.07) is 0. The molecule has 0 amide bonds. The van der Waals surface area contributed by atoms with E-state index in [4.69, 9.17) is 11.6 Å². The van der Waals surface area contributed by atoms with Crippen molar-refractivity contribution < 1.29 is 0 Å². The van der Waals surface area contributed by atoms with Gasteiger partial charge in [0.05, 0.1) is 6.33 Å². The second-order valence-electron chi connectivity index (χ2n) is 4.04. The third kappa shape index (κ3) is 5.52. The summed E-state index contributed by atoms with van der Waals surface area (Å²) in [5, 5.41) is 0. The van der Waals surface area contributed by atoms with Crippen LogP contribution < -0.4 is 0 Å². The number of unbranched alkanes of at least 4 members (excludes halogenated alkanes) is 1. The van der Waals surface area contributed by atoms with Crippen LogP contribution in [0.15, 0.2) is 18.7 Å². The van der Waals surface area contributed by atoms with Gasteiger partial charge in [-0.15, -0.1) is 11.6 Å². The Labute approximate surface area is 103 Å². The van der Waals surface area contributed by atoms with E-state index in [9.17, 15) is 0 Å². The molecule has 1 aromatic heterocycles. The lowest BCUT2D eigenvalue weighted by Crippen LogP contribution is -2.28. The predicted octanol–water partition coefficient (Wildman–Crippen LogP) is 2.61. The van der Waals surface area contributed by atoms with Crippen molar-refractivity contribution in [1.82, 2.24) is 14.5 Å². The summed E-state index contributed by atoms with van der Waals surface area (Å²) in [4.78, 5) is 6.49. The lowest BCUT2D eigenvalue weighted by molar-refractivity contribution is 0.276. The first-order chi connectivity index (χ1) is 7.86. The molecule has 0 saturated carbocycles. The van der Waals surface area contributed by atoms with Crippen LogP contribution in [0.2, 0.25) is 0 Å². The van der Waals surface area contributed by atoms with Crippen LogP contribution in [0.5, 0.6) is 0 Å². The Bertz CT molecular complexity index is 249. The monoisotopic (exact) mass is 243 g/mol. The van der Waals surface area contributed by atoms with Crippen molar-refractivity contribution in [3.05, 3.63) is 18.7 Å². The number of aryl methyl sites for hydroxylation is 1. The fourth-order valence-electron chi connectivity index (χ4n) is 1.73. The highest BCUT2D eigenvalue weighted by Crippen LogP contribution is 1.99. The van der Waals surface area contributed by atoms with E-state index in [1.165, 1.54) is 19.4 Å². The molecule has 1 aromatic rings. The number of aromatic nitrogens is 2. The molecular weight excluding hydrogens is 222 g/mol. The van der Waals surface area contributed by atoms with Gasteiger partial charge in [-0.25, -0.2) is 4.98 Å². The smallest absolute Gasteiger partial charge is 0.0945 e. The van der Waals surface area contributed by atoms with E-state index in [-0.39, 0.29) is 0 Å². The molecule has 0 aliphatic carbocycles. The predicted molar refractivity (Wildman–Crippen MR) is 68.9 cm³/mol. The van der Waals surface area contributed by atoms with Gasteiger partial charge in [0.2, 0.25) is 0 Å². The largest absolute Gasteiger partial charge is 0.337 e. The van der Waals surface area contributed by atoms with Gasteiger partial charge in [0.15, 0.2) is 0 Å². The second-order valence-corrected chi connectivity index (χ2v) is 4.42. The highest BCUT2D eigenvalue weighted by Gasteiger charge is 2.03. The van der Waals surface area contributed by atoms with Gasteiger partial charge in [-0.05, 0) is 25.9 Å². The van der Waals surface area contributed by atoms with Gasteiger partial charge >= 0.3 is 0 Å².